The summed E-state index contributed by atoms with van der Waals surface area (Å²) in [5, 5.41) is 17.1. The number of rotatable bonds is 2. The fourth-order valence-electron chi connectivity index (χ4n) is 0.996. The second-order valence-electron chi connectivity index (χ2n) is 2.48. The molecule has 68 valence electrons. The van der Waals surface area contributed by atoms with Crippen LogP contribution in [0.5, 0.6) is 0 Å². The lowest BCUT2D eigenvalue weighted by Crippen LogP contribution is -2.16. The summed E-state index contributed by atoms with van der Waals surface area (Å²) in [7, 11) is 0. The molecule has 13 heavy (non-hydrogen) atoms. The van der Waals surface area contributed by atoms with E-state index in [1.165, 1.54) is 0 Å². The van der Waals surface area contributed by atoms with Crippen LogP contribution in [0.4, 0.5) is 0 Å². The number of hydrogen-bond acceptors (Lipinski definition) is 3. The van der Waals surface area contributed by atoms with Crippen molar-refractivity contribution in [3.05, 3.63) is 23.3 Å². The predicted molar refractivity (Wildman–Crippen MR) is 41.1 cm³/mol. The van der Waals surface area contributed by atoms with Crippen molar-refractivity contribution in [2.75, 3.05) is 0 Å². The summed E-state index contributed by atoms with van der Waals surface area (Å²) in [4.78, 5) is 31.8. The van der Waals surface area contributed by atoms with E-state index in [4.69, 9.17) is 10.2 Å². The number of carboxylic acids is 2. The van der Waals surface area contributed by atoms with Crippen LogP contribution in [-0.2, 0) is 14.4 Å². The average Bonchev–Trinajstić information content (AvgIpc) is 2.03. The normalized spacial score (nSPS) is 16.2. The third-order valence-electron chi connectivity index (χ3n) is 1.60. The van der Waals surface area contributed by atoms with Gasteiger partial charge in [-0.25, -0.2) is 9.59 Å². The molecule has 1 aliphatic carbocycles. The zero-order valence-electron chi connectivity index (χ0n) is 6.48. The standard InChI is InChI=1S/C8H6O5/c9-4-1-2-5(7(10)11)6(3-4)8(12)13/h1-2H,3H2,(H,10,11)(H,12,13). The minimum atomic E-state index is -1.37. The zero-order chi connectivity index (χ0) is 10.0. The van der Waals surface area contributed by atoms with Crippen LogP contribution in [0.25, 0.3) is 0 Å². The summed E-state index contributed by atoms with van der Waals surface area (Å²) in [6.45, 7) is 0. The van der Waals surface area contributed by atoms with Gasteiger partial charge in [0, 0.05) is 6.42 Å². The molecule has 0 spiro atoms. The highest BCUT2D eigenvalue weighted by Gasteiger charge is 2.23. The summed E-state index contributed by atoms with van der Waals surface area (Å²) < 4.78 is 0. The van der Waals surface area contributed by atoms with Gasteiger partial charge in [-0.05, 0) is 12.2 Å². The van der Waals surface area contributed by atoms with Crippen LogP contribution in [0.3, 0.4) is 0 Å². The molecule has 5 nitrogen and oxygen atoms in total. The zero-order valence-corrected chi connectivity index (χ0v) is 6.48. The molecule has 2 N–H and O–H groups in total. The summed E-state index contributed by atoms with van der Waals surface area (Å²) in [6, 6.07) is 0. The van der Waals surface area contributed by atoms with Gasteiger partial charge in [-0.2, -0.15) is 0 Å². The molecule has 0 aliphatic heterocycles. The minimum absolute atomic E-state index is 0.327. The molecule has 0 amide bonds. The largest absolute Gasteiger partial charge is 0.478 e. The second kappa shape index (κ2) is 3.22. The van der Waals surface area contributed by atoms with E-state index >= 15 is 0 Å². The van der Waals surface area contributed by atoms with Crippen LogP contribution in [0.2, 0.25) is 0 Å². The van der Waals surface area contributed by atoms with Gasteiger partial charge >= 0.3 is 11.9 Å². The molecule has 0 fully saturated rings. The number of carboxylic acid groups (broad SMARTS) is 2. The lowest BCUT2D eigenvalue weighted by Gasteiger charge is -2.07. The first-order valence-electron chi connectivity index (χ1n) is 3.43. The lowest BCUT2D eigenvalue weighted by atomic mass is 9.97. The molecule has 0 saturated carbocycles. The van der Waals surface area contributed by atoms with Crippen molar-refractivity contribution in [2.24, 2.45) is 0 Å². The highest BCUT2D eigenvalue weighted by atomic mass is 16.4. The van der Waals surface area contributed by atoms with Gasteiger partial charge in [-0.1, -0.05) is 0 Å². The Hall–Kier alpha value is -1.91. The van der Waals surface area contributed by atoms with Crippen molar-refractivity contribution >= 4 is 17.7 Å². The third kappa shape index (κ3) is 1.81. The Morgan fingerprint density at radius 3 is 2.23 bits per heavy atom. The van der Waals surface area contributed by atoms with Crippen molar-refractivity contribution < 1.29 is 24.6 Å². The van der Waals surface area contributed by atoms with Crippen LogP contribution < -0.4 is 0 Å². The summed E-state index contributed by atoms with van der Waals surface area (Å²) in [6.07, 6.45) is 1.72. The molecule has 1 rings (SSSR count). The van der Waals surface area contributed by atoms with Gasteiger partial charge in [-0.3, -0.25) is 4.79 Å². The van der Waals surface area contributed by atoms with Gasteiger partial charge in [0.15, 0.2) is 5.78 Å². The van der Waals surface area contributed by atoms with Gasteiger partial charge in [-0.15, -0.1) is 0 Å². The van der Waals surface area contributed by atoms with E-state index in [2.05, 4.69) is 0 Å². The monoisotopic (exact) mass is 182 g/mol. The molecule has 0 aromatic carbocycles. The van der Waals surface area contributed by atoms with Gasteiger partial charge < -0.3 is 10.2 Å². The third-order valence-corrected chi connectivity index (χ3v) is 1.60. The molecule has 0 saturated heterocycles. The van der Waals surface area contributed by atoms with Crippen LogP contribution in [0.15, 0.2) is 23.3 Å². The molecule has 0 atom stereocenters. The Kier molecular flexibility index (Phi) is 2.27. The van der Waals surface area contributed by atoms with Crippen molar-refractivity contribution in [2.45, 2.75) is 6.42 Å². The van der Waals surface area contributed by atoms with E-state index < -0.39 is 17.7 Å². The molecule has 0 bridgehead atoms. The van der Waals surface area contributed by atoms with Crippen LogP contribution in [-0.4, -0.2) is 27.9 Å². The molecule has 5 heteroatoms. The van der Waals surface area contributed by atoms with Crippen molar-refractivity contribution in [1.82, 2.24) is 0 Å². The van der Waals surface area contributed by atoms with E-state index in [0.717, 1.165) is 12.2 Å². The fourth-order valence-corrected chi connectivity index (χ4v) is 0.996. The molecular formula is C8H6O5. The van der Waals surface area contributed by atoms with E-state index in [0.29, 0.717) is 0 Å². The first-order valence-corrected chi connectivity index (χ1v) is 3.43. The molecule has 0 aromatic heterocycles. The van der Waals surface area contributed by atoms with Gasteiger partial charge in [0.2, 0.25) is 0 Å². The average molecular weight is 182 g/mol. The summed E-state index contributed by atoms with van der Waals surface area (Å²) in [5.74, 6) is -3.10. The fraction of sp³-hybridized carbons (Fsp3) is 0.125. The molecular weight excluding hydrogens is 176 g/mol. The van der Waals surface area contributed by atoms with E-state index in [1.807, 2.05) is 0 Å². The Morgan fingerprint density at radius 1 is 1.15 bits per heavy atom. The van der Waals surface area contributed by atoms with E-state index in [-0.39, 0.29) is 17.6 Å². The smallest absolute Gasteiger partial charge is 0.336 e. The number of ketones is 1. The van der Waals surface area contributed by atoms with Crippen molar-refractivity contribution in [3.63, 3.8) is 0 Å². The Morgan fingerprint density at radius 2 is 1.77 bits per heavy atom. The predicted octanol–water partition coefficient (Wildman–Crippen LogP) is -0.0188. The highest BCUT2D eigenvalue weighted by Crippen LogP contribution is 2.17. The Labute approximate surface area is 73.0 Å². The maximum atomic E-state index is 10.8. The number of allylic oxidation sites excluding steroid dienone is 1. The maximum Gasteiger partial charge on any atom is 0.336 e. The Balaban J connectivity index is 3.17. The van der Waals surface area contributed by atoms with Crippen LogP contribution >= 0.6 is 0 Å². The minimum Gasteiger partial charge on any atom is -0.478 e. The molecule has 0 radical (unpaired) electrons. The van der Waals surface area contributed by atoms with E-state index in [1.54, 1.807) is 0 Å². The topological polar surface area (TPSA) is 91.7 Å². The summed E-state index contributed by atoms with van der Waals surface area (Å²) >= 11 is 0. The number of aliphatic carboxylic acids is 2. The van der Waals surface area contributed by atoms with Gasteiger partial charge in [0.05, 0.1) is 11.1 Å². The second-order valence-corrected chi connectivity index (χ2v) is 2.48. The molecule has 0 aromatic rings. The molecule has 0 heterocycles. The van der Waals surface area contributed by atoms with Crippen molar-refractivity contribution in [1.29, 1.82) is 0 Å². The summed E-state index contributed by atoms with van der Waals surface area (Å²) in [5.41, 5.74) is -0.688. The SMILES string of the molecule is O=C1C=CC(C(=O)O)=C(C(=O)O)C1. The molecule has 0 unspecified atom stereocenters. The van der Waals surface area contributed by atoms with Crippen LogP contribution in [0.1, 0.15) is 6.42 Å². The lowest BCUT2D eigenvalue weighted by molar-refractivity contribution is -0.136. The van der Waals surface area contributed by atoms with Crippen molar-refractivity contribution in [3.8, 4) is 0 Å². The van der Waals surface area contributed by atoms with Gasteiger partial charge in [0.25, 0.3) is 0 Å². The highest BCUT2D eigenvalue weighted by molar-refractivity contribution is 6.09. The van der Waals surface area contributed by atoms with Gasteiger partial charge in [0.1, 0.15) is 0 Å². The first kappa shape index (κ1) is 9.18. The first-order chi connectivity index (χ1) is 6.02. The number of carbonyl (C=O) groups excluding carboxylic acids is 1. The number of hydrogen-bond donors (Lipinski definition) is 2. The van der Waals surface area contributed by atoms with Crippen LogP contribution in [0, 0.1) is 0 Å². The maximum absolute atomic E-state index is 10.8. The molecule has 1 aliphatic rings. The Bertz CT molecular complexity index is 348. The number of carbonyl (C=O) groups is 3. The van der Waals surface area contributed by atoms with E-state index in [9.17, 15) is 14.4 Å². The quantitative estimate of drug-likeness (QED) is 0.626.